The third-order valence-corrected chi connectivity index (χ3v) is 6.02. The van der Waals surface area contributed by atoms with Crippen LogP contribution in [-0.4, -0.2) is 74.0 Å². The smallest absolute Gasteiger partial charge is 0.267 e. The number of anilines is 1. The summed E-state index contributed by atoms with van der Waals surface area (Å²) in [6.45, 7) is 1.16. The molecular formula is C18H24N4O4S. The maximum atomic E-state index is 12.4. The van der Waals surface area contributed by atoms with E-state index in [1.54, 1.807) is 4.90 Å². The number of nitrogens with zero attached hydrogens (tertiary/aromatic N) is 3. The largest absolute Gasteiger partial charge is 0.508 e. The number of sulfone groups is 1. The topological polar surface area (TPSA) is 114 Å². The molecule has 0 aliphatic carbocycles. The summed E-state index contributed by atoms with van der Waals surface area (Å²) in [4.78, 5) is 16.2. The lowest BCUT2D eigenvalue weighted by Crippen LogP contribution is -2.37. The second-order valence-electron chi connectivity index (χ2n) is 6.75. The number of hydrogen-bond donors (Lipinski definition) is 2. The molecule has 1 atom stereocenters. The van der Waals surface area contributed by atoms with E-state index in [9.17, 15) is 23.6 Å². The molecule has 1 aromatic rings. The van der Waals surface area contributed by atoms with Gasteiger partial charge in [0.05, 0.1) is 11.5 Å². The van der Waals surface area contributed by atoms with Gasteiger partial charge in [0.15, 0.2) is 9.84 Å². The van der Waals surface area contributed by atoms with Crippen molar-refractivity contribution in [2.24, 2.45) is 0 Å². The number of hydrogen-bond acceptors (Lipinski definition) is 7. The van der Waals surface area contributed by atoms with Crippen molar-refractivity contribution < 1.29 is 18.3 Å². The molecule has 0 spiro atoms. The lowest BCUT2D eigenvalue weighted by Gasteiger charge is -2.28. The van der Waals surface area contributed by atoms with Gasteiger partial charge in [-0.25, -0.2) is 8.42 Å². The monoisotopic (exact) mass is 392 g/mol. The van der Waals surface area contributed by atoms with E-state index in [1.807, 2.05) is 25.1 Å². The predicted molar refractivity (Wildman–Crippen MR) is 103 cm³/mol. The van der Waals surface area contributed by atoms with Gasteiger partial charge in [0.2, 0.25) is 0 Å². The molecule has 0 aromatic heterocycles. The maximum Gasteiger partial charge on any atom is 0.267 e. The second-order valence-corrected chi connectivity index (χ2v) is 8.98. The molecule has 0 saturated carbocycles. The van der Waals surface area contributed by atoms with Crippen molar-refractivity contribution in [3.63, 3.8) is 0 Å². The predicted octanol–water partition coefficient (Wildman–Crippen LogP) is 0.789. The van der Waals surface area contributed by atoms with Gasteiger partial charge in [0.25, 0.3) is 5.91 Å². The number of amides is 1. The number of nitriles is 1. The highest BCUT2D eigenvalue weighted by Gasteiger charge is 2.31. The molecule has 1 aliphatic heterocycles. The van der Waals surface area contributed by atoms with E-state index < -0.39 is 15.7 Å². The van der Waals surface area contributed by atoms with Gasteiger partial charge in [-0.3, -0.25) is 4.79 Å². The highest BCUT2D eigenvalue weighted by Crippen LogP contribution is 2.20. The van der Waals surface area contributed by atoms with Crippen molar-refractivity contribution in [2.45, 2.75) is 12.5 Å². The summed E-state index contributed by atoms with van der Waals surface area (Å²) in [5.41, 5.74) is 0.341. The number of nitrogens with one attached hydrogen (secondary N) is 1. The van der Waals surface area contributed by atoms with Crippen LogP contribution in [-0.2, 0) is 14.6 Å². The number of carbonyl (C=O) groups excluding carboxylic acids is 1. The van der Waals surface area contributed by atoms with Crippen LogP contribution >= 0.6 is 0 Å². The van der Waals surface area contributed by atoms with Crippen LogP contribution in [0.4, 0.5) is 5.69 Å². The van der Waals surface area contributed by atoms with Gasteiger partial charge >= 0.3 is 0 Å². The zero-order valence-electron chi connectivity index (χ0n) is 15.4. The van der Waals surface area contributed by atoms with Gasteiger partial charge in [-0.15, -0.1) is 0 Å². The summed E-state index contributed by atoms with van der Waals surface area (Å²) in [6, 6.07) is 7.54. The Morgan fingerprint density at radius 1 is 1.33 bits per heavy atom. The summed E-state index contributed by atoms with van der Waals surface area (Å²) in [5, 5.41) is 21.3. The van der Waals surface area contributed by atoms with Crippen LogP contribution in [0, 0.1) is 11.3 Å². The SMILES string of the molecule is CN(C)CCN(/C=C(/C#N)C(=O)Nc1ccc(O)cc1)C1CCS(=O)(=O)C1. The van der Waals surface area contributed by atoms with E-state index in [0.717, 1.165) is 0 Å². The van der Waals surface area contributed by atoms with Crippen LogP contribution in [0.2, 0.25) is 0 Å². The number of aromatic hydroxyl groups is 1. The first-order valence-corrected chi connectivity index (χ1v) is 10.4. The van der Waals surface area contributed by atoms with Crippen molar-refractivity contribution in [3.05, 3.63) is 36.0 Å². The van der Waals surface area contributed by atoms with Gasteiger partial charge in [0, 0.05) is 31.0 Å². The average Bonchev–Trinajstić information content (AvgIpc) is 2.96. The maximum absolute atomic E-state index is 12.4. The molecule has 0 radical (unpaired) electrons. The number of phenolic OH excluding ortho intramolecular Hbond substituents is 1. The Kier molecular flexibility index (Phi) is 6.82. The Morgan fingerprint density at radius 2 is 2.00 bits per heavy atom. The first-order valence-electron chi connectivity index (χ1n) is 8.53. The van der Waals surface area contributed by atoms with E-state index in [4.69, 9.17) is 0 Å². The number of carbonyl (C=O) groups is 1. The summed E-state index contributed by atoms with van der Waals surface area (Å²) in [6.07, 6.45) is 1.93. The van der Waals surface area contributed by atoms with Crippen LogP contribution in [0.3, 0.4) is 0 Å². The fraction of sp³-hybridized carbons (Fsp3) is 0.444. The Bertz CT molecular complexity index is 841. The zero-order chi connectivity index (χ0) is 20.0. The first kappa shape index (κ1) is 20.7. The van der Waals surface area contributed by atoms with E-state index in [-0.39, 0.29) is 28.9 Å². The highest BCUT2D eigenvalue weighted by molar-refractivity contribution is 7.91. The fourth-order valence-corrected chi connectivity index (χ4v) is 4.49. The van der Waals surface area contributed by atoms with Crippen molar-refractivity contribution in [2.75, 3.05) is 44.0 Å². The molecule has 1 fully saturated rings. The standard InChI is InChI=1S/C18H24N4O4S/c1-21(2)8-9-22(16-7-10-27(25,26)13-16)12-14(11-19)18(24)20-15-3-5-17(23)6-4-15/h3-6,12,16,23H,7-10,13H2,1-2H3,(H,20,24)/b14-12-. The molecule has 1 unspecified atom stereocenters. The molecule has 27 heavy (non-hydrogen) atoms. The molecule has 1 saturated heterocycles. The number of likely N-dealkylation sites (N-methyl/N-ethyl adjacent to an activating group) is 1. The quantitative estimate of drug-likeness (QED) is 0.401. The number of phenols is 1. The third kappa shape index (κ3) is 6.27. The second kappa shape index (κ2) is 8.88. The van der Waals surface area contributed by atoms with Crippen LogP contribution in [0.5, 0.6) is 5.75 Å². The molecule has 2 N–H and O–H groups in total. The van der Waals surface area contributed by atoms with Crippen LogP contribution in [0.1, 0.15) is 6.42 Å². The van der Waals surface area contributed by atoms with Crippen LogP contribution in [0.25, 0.3) is 0 Å². The Balaban J connectivity index is 2.18. The van der Waals surface area contributed by atoms with Gasteiger partial charge in [-0.05, 0) is 44.8 Å². The Morgan fingerprint density at radius 3 is 2.52 bits per heavy atom. The molecule has 1 heterocycles. The van der Waals surface area contributed by atoms with E-state index >= 15 is 0 Å². The molecule has 8 nitrogen and oxygen atoms in total. The van der Waals surface area contributed by atoms with Gasteiger partial charge in [0.1, 0.15) is 17.4 Å². The molecule has 1 aliphatic rings. The van der Waals surface area contributed by atoms with E-state index in [2.05, 4.69) is 5.32 Å². The lowest BCUT2D eigenvalue weighted by atomic mass is 10.2. The minimum absolute atomic E-state index is 0.0230. The number of rotatable bonds is 7. The van der Waals surface area contributed by atoms with Gasteiger partial charge in [-0.2, -0.15) is 5.26 Å². The summed E-state index contributed by atoms with van der Waals surface area (Å²) < 4.78 is 23.6. The van der Waals surface area contributed by atoms with E-state index in [1.165, 1.54) is 30.5 Å². The summed E-state index contributed by atoms with van der Waals surface area (Å²) in [5.74, 6) is -0.374. The van der Waals surface area contributed by atoms with Crippen LogP contribution in [0.15, 0.2) is 36.0 Å². The zero-order valence-corrected chi connectivity index (χ0v) is 16.2. The van der Waals surface area contributed by atoms with Gasteiger partial charge in [-0.1, -0.05) is 0 Å². The van der Waals surface area contributed by atoms with Crippen molar-refractivity contribution in [1.82, 2.24) is 9.80 Å². The van der Waals surface area contributed by atoms with Crippen molar-refractivity contribution >= 4 is 21.4 Å². The molecule has 1 aromatic carbocycles. The molecule has 0 bridgehead atoms. The Hall–Kier alpha value is -2.57. The minimum Gasteiger partial charge on any atom is -0.508 e. The summed E-state index contributed by atoms with van der Waals surface area (Å²) >= 11 is 0. The Labute approximate surface area is 159 Å². The lowest BCUT2D eigenvalue weighted by molar-refractivity contribution is -0.112. The fourth-order valence-electron chi connectivity index (χ4n) is 2.75. The first-order chi connectivity index (χ1) is 12.7. The molecule has 2 rings (SSSR count). The van der Waals surface area contributed by atoms with Crippen molar-refractivity contribution in [1.29, 1.82) is 5.26 Å². The summed E-state index contributed by atoms with van der Waals surface area (Å²) in [7, 11) is 0.712. The van der Waals surface area contributed by atoms with Crippen molar-refractivity contribution in [3.8, 4) is 11.8 Å². The molecular weight excluding hydrogens is 368 g/mol. The van der Waals surface area contributed by atoms with E-state index in [0.29, 0.717) is 25.2 Å². The molecule has 1 amide bonds. The number of benzene rings is 1. The minimum atomic E-state index is -3.09. The average molecular weight is 392 g/mol. The normalized spacial score (nSPS) is 18.9. The molecule has 9 heteroatoms. The molecule has 146 valence electrons. The third-order valence-electron chi connectivity index (χ3n) is 4.27. The highest BCUT2D eigenvalue weighted by atomic mass is 32.2. The van der Waals surface area contributed by atoms with Crippen LogP contribution < -0.4 is 5.32 Å². The van der Waals surface area contributed by atoms with Gasteiger partial charge < -0.3 is 20.2 Å².